The maximum atomic E-state index is 4.71. The zero-order chi connectivity index (χ0) is 80.4. The number of fused-ring (bicyclic) bond motifs is 15. The van der Waals surface area contributed by atoms with Gasteiger partial charge in [-0.3, -0.25) is 4.98 Å². The van der Waals surface area contributed by atoms with Gasteiger partial charge in [0.05, 0.1) is 0 Å². The van der Waals surface area contributed by atoms with Crippen molar-refractivity contribution in [2.45, 2.75) is 145 Å². The third-order valence-electron chi connectivity index (χ3n) is 17.9. The SMILES string of the molecule is CC.CC.CC.CC.CC.CC.CC.CC.CC.Cc1ccc(-c2[c-]c3c4ccccc4c4ccccc4c3cc2)[c-]c1-c1cccc[n+]1C.Cc1ccc(-c2[c-]c3ncc4ccccc4c3nc2)[c-]c1-c1cccc[n+]1C.Cc1ccc(-c2[c-]cc3c4ccccc4c4ccccc4c3c2)[c-]c1-c1cccc[n+]1C.[Y].[Y].[Y]. The Kier molecular flexibility index (Phi) is 45.2. The Morgan fingerprint density at radius 2 is 0.566 bits per heavy atom. The maximum Gasteiger partial charge on any atom is 0.161 e. The molecular weight excluding hydrogens is 1600 g/mol. The van der Waals surface area contributed by atoms with Crippen molar-refractivity contribution in [1.29, 1.82) is 0 Å². The van der Waals surface area contributed by atoms with Gasteiger partial charge in [-0.25, -0.2) is 19.3 Å². The van der Waals surface area contributed by atoms with Crippen molar-refractivity contribution in [2.75, 3.05) is 0 Å². The summed E-state index contributed by atoms with van der Waals surface area (Å²) in [5.74, 6) is 0. The van der Waals surface area contributed by atoms with E-state index >= 15 is 0 Å². The quantitative estimate of drug-likeness (QED) is 0.0945. The van der Waals surface area contributed by atoms with Crippen molar-refractivity contribution in [3.63, 3.8) is 0 Å². The van der Waals surface area contributed by atoms with Crippen LogP contribution in [0.2, 0.25) is 0 Å². The molecule has 3 radical (unpaired) electrons. The van der Waals surface area contributed by atoms with Crippen molar-refractivity contribution in [2.24, 2.45) is 21.1 Å². The molecule has 0 aliphatic carbocycles. The Hall–Kier alpha value is -8.22. The summed E-state index contributed by atoms with van der Waals surface area (Å²) in [6.07, 6.45) is 9.96. The van der Waals surface area contributed by atoms with Crippen LogP contribution in [0, 0.1) is 57.2 Å². The molecule has 5 aromatic heterocycles. The fraction of sp³-hybridized carbons (Fsp3) is 0.229. The summed E-state index contributed by atoms with van der Waals surface area (Å²) in [6.45, 7) is 42.4. The van der Waals surface area contributed by atoms with Gasteiger partial charge in [-0.15, -0.1) is 52.4 Å². The van der Waals surface area contributed by atoms with E-state index in [0.717, 1.165) is 94.3 Å². The van der Waals surface area contributed by atoms with Crippen LogP contribution in [-0.4, -0.2) is 9.97 Å². The van der Waals surface area contributed by atoms with Gasteiger partial charge in [-0.1, -0.05) is 335 Å². The van der Waals surface area contributed by atoms with Gasteiger partial charge in [0.15, 0.2) is 18.6 Å². The monoisotopic (exact) mass is 1710 g/mol. The summed E-state index contributed by atoms with van der Waals surface area (Å²) in [4.78, 5) is 9.28. The second kappa shape index (κ2) is 51.6. The first-order valence-electron chi connectivity index (χ1n) is 40.1. The van der Waals surface area contributed by atoms with E-state index < -0.39 is 0 Å². The number of rotatable bonds is 6. The van der Waals surface area contributed by atoms with Crippen LogP contribution in [0.1, 0.15) is 141 Å². The van der Waals surface area contributed by atoms with E-state index in [-0.39, 0.29) is 98.1 Å². The number of hydrogen-bond donors (Lipinski definition) is 0. The topological polar surface area (TPSA) is 37.4 Å². The van der Waals surface area contributed by atoms with Crippen molar-refractivity contribution in [1.82, 2.24) is 9.97 Å². The molecule has 5 heterocycles. The molecule has 0 fully saturated rings. The van der Waals surface area contributed by atoms with Crippen LogP contribution >= 0.6 is 0 Å². The zero-order valence-electron chi connectivity index (χ0n) is 71.9. The molecule has 0 spiro atoms. The molecule has 12 aromatic carbocycles. The van der Waals surface area contributed by atoms with E-state index in [1.165, 1.54) is 75.9 Å². The van der Waals surface area contributed by atoms with Crippen LogP contribution in [-0.2, 0) is 119 Å². The first-order valence-corrected chi connectivity index (χ1v) is 40.1. The predicted octanol–water partition coefficient (Wildman–Crippen LogP) is 28.5. The molecule has 113 heavy (non-hydrogen) atoms. The fourth-order valence-corrected chi connectivity index (χ4v) is 13.1. The summed E-state index contributed by atoms with van der Waals surface area (Å²) < 4.78 is 6.40. The van der Waals surface area contributed by atoms with Gasteiger partial charge in [0.25, 0.3) is 0 Å². The molecule has 17 aromatic rings. The molecule has 0 saturated carbocycles. The second-order valence-electron chi connectivity index (χ2n) is 23.7. The summed E-state index contributed by atoms with van der Waals surface area (Å²) in [7, 11) is 6.21. The van der Waals surface area contributed by atoms with Gasteiger partial charge in [0.2, 0.25) is 0 Å². The van der Waals surface area contributed by atoms with Gasteiger partial charge >= 0.3 is 0 Å². The first-order chi connectivity index (χ1) is 54.1. The number of nitrogens with zero attached hydrogens (tertiary/aromatic N) is 5. The summed E-state index contributed by atoms with van der Waals surface area (Å²) in [5.41, 5.74) is 18.2. The predicted molar refractivity (Wildman–Crippen MR) is 480 cm³/mol. The molecule has 0 N–H and O–H groups in total. The molecule has 0 amide bonds. The molecule has 17 rings (SSSR count). The minimum atomic E-state index is 0. The van der Waals surface area contributed by atoms with Crippen molar-refractivity contribution in [3.05, 3.63) is 321 Å². The van der Waals surface area contributed by atoms with Crippen LogP contribution in [0.3, 0.4) is 0 Å². The number of pyridine rings is 5. The Labute approximate surface area is 754 Å². The maximum absolute atomic E-state index is 4.71. The number of benzene rings is 12. The smallest absolute Gasteiger partial charge is 0.161 e. The Morgan fingerprint density at radius 3 is 0.973 bits per heavy atom. The van der Waals surface area contributed by atoms with Crippen LogP contribution in [0.15, 0.2) is 268 Å². The third kappa shape index (κ3) is 23.3. The number of hydrogen-bond acceptors (Lipinski definition) is 2. The van der Waals surface area contributed by atoms with E-state index in [4.69, 9.17) is 4.98 Å². The Bertz CT molecular complexity index is 5450. The van der Waals surface area contributed by atoms with E-state index in [1.54, 1.807) is 0 Å². The van der Waals surface area contributed by atoms with Gasteiger partial charge in [-0.2, -0.15) is 94.5 Å². The molecule has 0 aliphatic rings. The third-order valence-corrected chi connectivity index (χ3v) is 17.9. The Balaban J connectivity index is 0.000000394. The normalized spacial score (nSPS) is 9.73. The number of aromatic nitrogens is 5. The summed E-state index contributed by atoms with van der Waals surface area (Å²) >= 11 is 0. The largest absolute Gasteiger partial charge is 0.357 e. The molecule has 8 heteroatoms. The molecule has 0 aliphatic heterocycles. The molecule has 573 valence electrons. The minimum absolute atomic E-state index is 0. The van der Waals surface area contributed by atoms with Crippen LogP contribution in [0.4, 0.5) is 0 Å². The molecule has 0 bridgehead atoms. The number of aryl methyl sites for hydroxylation is 6. The fourth-order valence-electron chi connectivity index (χ4n) is 13.1. The van der Waals surface area contributed by atoms with Crippen molar-refractivity contribution in [3.8, 4) is 67.2 Å². The van der Waals surface area contributed by atoms with Crippen LogP contribution in [0.25, 0.3) is 154 Å². The molecule has 0 unspecified atom stereocenters. The second-order valence-corrected chi connectivity index (χ2v) is 23.7. The van der Waals surface area contributed by atoms with Crippen molar-refractivity contribution >= 4 is 86.4 Å². The molecular formula is C105H116N5Y3-3. The van der Waals surface area contributed by atoms with E-state index in [2.05, 4.69) is 315 Å². The molecule has 0 saturated heterocycles. The van der Waals surface area contributed by atoms with E-state index in [0.29, 0.717) is 0 Å². The van der Waals surface area contributed by atoms with Gasteiger partial charge in [-0.05, 0) is 66.8 Å². The minimum Gasteiger partial charge on any atom is -0.357 e. The van der Waals surface area contributed by atoms with E-state index in [1.807, 2.05) is 175 Å². The summed E-state index contributed by atoms with van der Waals surface area (Å²) in [6, 6.07) is 105. The van der Waals surface area contributed by atoms with Gasteiger partial charge in [0.1, 0.15) is 38.2 Å². The average molecular weight is 1710 g/mol. The van der Waals surface area contributed by atoms with E-state index in [9.17, 15) is 0 Å². The van der Waals surface area contributed by atoms with Gasteiger partial charge < -0.3 is 4.98 Å². The van der Waals surface area contributed by atoms with Gasteiger partial charge in [0, 0.05) is 128 Å². The zero-order valence-corrected chi connectivity index (χ0v) is 80.4. The first kappa shape index (κ1) is 99.0. The molecule has 5 nitrogen and oxygen atoms in total. The van der Waals surface area contributed by atoms with Crippen LogP contribution < -0.4 is 13.7 Å². The Morgan fingerprint density at radius 1 is 0.257 bits per heavy atom. The standard InChI is InChI=1S/2C31H22N.C25H18N3.9C2H6.3Y/c2*1-21-14-15-22(19-29(21)31-13-7-8-18-32(31)2)23-16-17-28-26-11-4-3-9-24(26)25-10-5-6-12-27(25)30(28)20-23;1-17-10-11-18(13-22(17)24-9-5-6-12-28(24)2)20-14-23-25(27-16-20)21-8-4-3-7-19(21)15-26-23;9*1-2;;;/h3-15,17-18,20H,1-2H3;3-18H,1-2H3;3-12,15-16H,1-2H3;9*1-2H3;;;/q3*-1;;;;;;;;;;;;. The van der Waals surface area contributed by atoms with Crippen molar-refractivity contribution < 1.29 is 112 Å². The summed E-state index contributed by atoms with van der Waals surface area (Å²) in [5, 5.41) is 17.3. The van der Waals surface area contributed by atoms with Crippen LogP contribution in [0.5, 0.6) is 0 Å². The average Bonchev–Trinajstić information content (AvgIpc) is 0.748. The molecule has 0 atom stereocenters.